The Kier molecular flexibility index (Phi) is 6.90. The van der Waals surface area contributed by atoms with Crippen LogP contribution in [0.2, 0.25) is 0 Å². The van der Waals surface area contributed by atoms with Crippen LogP contribution in [0.4, 0.5) is 11.5 Å². The minimum Gasteiger partial charge on any atom is -0.467 e. The van der Waals surface area contributed by atoms with Crippen molar-refractivity contribution in [1.82, 2.24) is 14.9 Å². The van der Waals surface area contributed by atoms with Gasteiger partial charge in [0, 0.05) is 24.7 Å². The number of carbonyl (C=O) groups excluding carboxylic acids is 1. The van der Waals surface area contributed by atoms with Gasteiger partial charge >= 0.3 is 5.69 Å². The molecule has 0 aliphatic rings. The van der Waals surface area contributed by atoms with Gasteiger partial charge in [0.15, 0.2) is 0 Å². The molecule has 2 heterocycles. The normalized spacial score (nSPS) is 10.7. The highest BCUT2D eigenvalue weighted by Crippen LogP contribution is 2.18. The van der Waals surface area contributed by atoms with Crippen molar-refractivity contribution in [2.24, 2.45) is 0 Å². The lowest BCUT2D eigenvalue weighted by atomic mass is 10.1. The van der Waals surface area contributed by atoms with E-state index in [-0.39, 0.29) is 18.9 Å². The molecule has 1 aromatic carbocycles. The van der Waals surface area contributed by atoms with Crippen LogP contribution in [0.1, 0.15) is 36.7 Å². The van der Waals surface area contributed by atoms with Crippen molar-refractivity contribution in [3.63, 3.8) is 0 Å². The second-order valence-corrected chi connectivity index (χ2v) is 7.06. The predicted octanol–water partition coefficient (Wildman–Crippen LogP) is 2.84. The zero-order valence-electron chi connectivity index (χ0n) is 17.2. The van der Waals surface area contributed by atoms with E-state index < -0.39 is 11.2 Å². The topological polar surface area (TPSA) is 109 Å². The Morgan fingerprint density at radius 3 is 2.73 bits per heavy atom. The van der Waals surface area contributed by atoms with Gasteiger partial charge in [-0.25, -0.2) is 4.79 Å². The second kappa shape index (κ2) is 9.78. The lowest BCUT2D eigenvalue weighted by Crippen LogP contribution is -2.35. The molecule has 8 nitrogen and oxygen atoms in total. The van der Waals surface area contributed by atoms with E-state index in [1.54, 1.807) is 18.4 Å². The number of aromatic nitrogens is 2. The Labute approximate surface area is 173 Å². The minimum atomic E-state index is -0.510. The third kappa shape index (κ3) is 5.50. The van der Waals surface area contributed by atoms with Gasteiger partial charge in [0.2, 0.25) is 5.91 Å². The molecule has 8 heteroatoms. The van der Waals surface area contributed by atoms with E-state index in [1.165, 1.54) is 17.2 Å². The first-order valence-electron chi connectivity index (χ1n) is 9.96. The summed E-state index contributed by atoms with van der Waals surface area (Å²) in [5.74, 6) is 0.836. The van der Waals surface area contributed by atoms with Crippen molar-refractivity contribution in [2.45, 2.75) is 46.2 Å². The third-order valence-corrected chi connectivity index (χ3v) is 4.86. The first-order valence-corrected chi connectivity index (χ1v) is 9.96. The number of carbonyl (C=O) groups is 1. The van der Waals surface area contributed by atoms with Gasteiger partial charge < -0.3 is 15.1 Å². The van der Waals surface area contributed by atoms with Gasteiger partial charge in [-0.3, -0.25) is 19.1 Å². The Balaban J connectivity index is 1.57. The van der Waals surface area contributed by atoms with Gasteiger partial charge in [-0.2, -0.15) is 0 Å². The van der Waals surface area contributed by atoms with Crippen molar-refractivity contribution < 1.29 is 9.21 Å². The van der Waals surface area contributed by atoms with Crippen molar-refractivity contribution in [1.29, 1.82) is 0 Å². The molecule has 0 fully saturated rings. The Morgan fingerprint density at radius 2 is 2.03 bits per heavy atom. The summed E-state index contributed by atoms with van der Waals surface area (Å²) in [6, 6.07) is 10.8. The van der Waals surface area contributed by atoms with Crippen LogP contribution in [0.3, 0.4) is 0 Å². The molecule has 0 bridgehead atoms. The van der Waals surface area contributed by atoms with E-state index in [0.717, 1.165) is 16.7 Å². The molecule has 3 N–H and O–H groups in total. The summed E-state index contributed by atoms with van der Waals surface area (Å²) >= 11 is 0. The molecule has 3 rings (SSSR count). The van der Waals surface area contributed by atoms with Crippen LogP contribution < -0.4 is 21.9 Å². The van der Waals surface area contributed by atoms with E-state index in [4.69, 9.17) is 4.42 Å². The highest BCUT2D eigenvalue weighted by atomic mass is 16.3. The molecule has 0 radical (unpaired) electrons. The molecule has 0 unspecified atom stereocenters. The number of nitrogens with one attached hydrogen (secondary N) is 3. The number of aryl methyl sites for hydroxylation is 2. The molecule has 1 amide bonds. The quantitative estimate of drug-likeness (QED) is 0.503. The number of benzene rings is 1. The number of aromatic amines is 1. The van der Waals surface area contributed by atoms with Gasteiger partial charge in [-0.15, -0.1) is 0 Å². The standard InChI is InChI=1S/C22H26N4O4/c1-3-16-12-17(9-8-15(16)2)24-19-13-21(28)26(22(29)25-19)10-4-7-20(27)23-14-18-6-5-11-30-18/h5-6,8-9,11-13,24H,3-4,7,10,14H2,1-2H3,(H,23,27)(H,25,29). The minimum absolute atomic E-state index is 0.160. The first-order chi connectivity index (χ1) is 14.5. The fraction of sp³-hybridized carbons (Fsp3) is 0.318. The maximum Gasteiger partial charge on any atom is 0.329 e. The summed E-state index contributed by atoms with van der Waals surface area (Å²) in [6.07, 6.45) is 3.02. The maximum absolute atomic E-state index is 12.4. The highest BCUT2D eigenvalue weighted by Gasteiger charge is 2.08. The van der Waals surface area contributed by atoms with E-state index in [1.807, 2.05) is 25.1 Å². The van der Waals surface area contributed by atoms with Crippen molar-refractivity contribution >= 4 is 17.4 Å². The van der Waals surface area contributed by atoms with Crippen LogP contribution in [0, 0.1) is 6.92 Å². The number of nitrogens with zero attached hydrogens (tertiary/aromatic N) is 1. The van der Waals surface area contributed by atoms with Crippen molar-refractivity contribution in [2.75, 3.05) is 5.32 Å². The number of anilines is 2. The molecule has 30 heavy (non-hydrogen) atoms. The molecule has 0 saturated heterocycles. The summed E-state index contributed by atoms with van der Waals surface area (Å²) in [7, 11) is 0. The Bertz CT molecular complexity index is 1080. The highest BCUT2D eigenvalue weighted by molar-refractivity contribution is 5.75. The van der Waals surface area contributed by atoms with E-state index in [2.05, 4.69) is 22.5 Å². The van der Waals surface area contributed by atoms with E-state index in [0.29, 0.717) is 24.5 Å². The molecule has 2 aromatic heterocycles. The van der Waals surface area contributed by atoms with Gasteiger partial charge in [-0.05, 0) is 55.2 Å². The van der Waals surface area contributed by atoms with Crippen molar-refractivity contribution in [3.05, 3.63) is 80.4 Å². The molecule has 0 atom stereocenters. The number of H-pyrrole nitrogens is 1. The van der Waals surface area contributed by atoms with Gasteiger partial charge in [0.1, 0.15) is 11.6 Å². The monoisotopic (exact) mass is 410 g/mol. The van der Waals surface area contributed by atoms with Crippen LogP contribution in [0.15, 0.2) is 56.7 Å². The summed E-state index contributed by atoms with van der Waals surface area (Å²) in [5, 5.41) is 5.81. The van der Waals surface area contributed by atoms with E-state index in [9.17, 15) is 14.4 Å². The average Bonchev–Trinajstić information content (AvgIpc) is 3.23. The summed E-state index contributed by atoms with van der Waals surface area (Å²) < 4.78 is 6.24. The zero-order valence-corrected chi connectivity index (χ0v) is 17.2. The van der Waals surface area contributed by atoms with Crippen LogP contribution in [-0.2, 0) is 24.3 Å². The molecular weight excluding hydrogens is 384 g/mol. The summed E-state index contributed by atoms with van der Waals surface area (Å²) in [6.45, 7) is 4.59. The number of amides is 1. The Hall–Kier alpha value is -3.55. The number of hydrogen-bond acceptors (Lipinski definition) is 5. The molecule has 3 aromatic rings. The second-order valence-electron chi connectivity index (χ2n) is 7.06. The van der Waals surface area contributed by atoms with Crippen LogP contribution in [-0.4, -0.2) is 15.5 Å². The summed E-state index contributed by atoms with van der Waals surface area (Å²) in [4.78, 5) is 39.3. The number of hydrogen-bond donors (Lipinski definition) is 3. The van der Waals surface area contributed by atoms with Crippen LogP contribution >= 0.6 is 0 Å². The average molecular weight is 410 g/mol. The third-order valence-electron chi connectivity index (χ3n) is 4.86. The van der Waals surface area contributed by atoms with Gasteiger partial charge in [-0.1, -0.05) is 13.0 Å². The number of rotatable bonds is 9. The Morgan fingerprint density at radius 1 is 1.20 bits per heavy atom. The smallest absolute Gasteiger partial charge is 0.329 e. The van der Waals surface area contributed by atoms with Crippen LogP contribution in [0.5, 0.6) is 0 Å². The van der Waals surface area contributed by atoms with Crippen LogP contribution in [0.25, 0.3) is 0 Å². The lowest BCUT2D eigenvalue weighted by molar-refractivity contribution is -0.121. The molecular formula is C22H26N4O4. The fourth-order valence-corrected chi connectivity index (χ4v) is 3.17. The van der Waals surface area contributed by atoms with Gasteiger partial charge in [0.25, 0.3) is 5.56 Å². The molecule has 0 aliphatic heterocycles. The SMILES string of the molecule is CCc1cc(Nc2cc(=O)n(CCCC(=O)NCc3ccco3)c(=O)[nH]2)ccc1C. The molecule has 0 aliphatic carbocycles. The van der Waals surface area contributed by atoms with Gasteiger partial charge in [0.05, 0.1) is 12.8 Å². The summed E-state index contributed by atoms with van der Waals surface area (Å²) in [5.41, 5.74) is 2.27. The van der Waals surface area contributed by atoms with Crippen molar-refractivity contribution in [3.8, 4) is 0 Å². The van der Waals surface area contributed by atoms with E-state index >= 15 is 0 Å². The zero-order chi connectivity index (χ0) is 21.5. The fourth-order valence-electron chi connectivity index (χ4n) is 3.17. The molecule has 0 saturated carbocycles. The maximum atomic E-state index is 12.4. The molecule has 0 spiro atoms. The predicted molar refractivity (Wildman–Crippen MR) is 115 cm³/mol. The number of furan rings is 1. The lowest BCUT2D eigenvalue weighted by Gasteiger charge is -2.11. The largest absolute Gasteiger partial charge is 0.467 e. The first kappa shape index (κ1) is 21.2. The molecule has 158 valence electrons.